The molecule has 1 N–H and O–H groups in total. The van der Waals surface area contributed by atoms with Gasteiger partial charge in [0.05, 0.1) is 7.11 Å². The molecule has 0 aromatic heterocycles. The Morgan fingerprint density at radius 3 is 2.67 bits per heavy atom. The molecule has 1 aromatic carbocycles. The molecule has 5 nitrogen and oxygen atoms in total. The fraction of sp³-hybridized carbons (Fsp3) is 0.579. The van der Waals surface area contributed by atoms with Crippen molar-refractivity contribution in [2.45, 2.75) is 51.0 Å². The number of urea groups is 1. The lowest BCUT2D eigenvalue weighted by Gasteiger charge is -2.37. The Kier molecular flexibility index (Phi) is 5.38. The summed E-state index contributed by atoms with van der Waals surface area (Å²) in [5.74, 6) is 0.494. The predicted octanol–water partition coefficient (Wildman–Crippen LogP) is 3.59. The number of amides is 2. The molecule has 1 heterocycles. The number of carbonyl (C=O) groups is 2. The van der Waals surface area contributed by atoms with Crippen LogP contribution in [0.25, 0.3) is 0 Å². The van der Waals surface area contributed by atoms with E-state index in [0.29, 0.717) is 24.8 Å². The van der Waals surface area contributed by atoms with E-state index in [-0.39, 0.29) is 12.0 Å². The minimum Gasteiger partial charge on any atom is -0.469 e. The number of anilines is 1. The maximum absolute atomic E-state index is 12.6. The summed E-state index contributed by atoms with van der Waals surface area (Å²) >= 11 is 0. The standard InChI is InChI=1S/C19H26N2O3/c1-24-18(22)12-9-14-7-10-16(11-8-14)20-19(23)21-13-3-5-15-4-2-6-17(15)21/h7-8,10-11,15,17H,2-6,9,12-13H2,1H3,(H,20,23). The van der Waals surface area contributed by atoms with E-state index < -0.39 is 0 Å². The fourth-order valence-corrected chi connectivity index (χ4v) is 4.00. The van der Waals surface area contributed by atoms with E-state index in [1.165, 1.54) is 26.4 Å². The first-order chi connectivity index (χ1) is 11.7. The topological polar surface area (TPSA) is 58.6 Å². The molecule has 3 rings (SSSR count). The van der Waals surface area contributed by atoms with Crippen LogP contribution in [0, 0.1) is 5.92 Å². The highest BCUT2D eigenvalue weighted by Gasteiger charge is 2.37. The molecule has 0 bridgehead atoms. The van der Waals surface area contributed by atoms with E-state index in [1.807, 2.05) is 29.2 Å². The molecule has 2 amide bonds. The Balaban J connectivity index is 1.55. The molecule has 1 saturated carbocycles. The second kappa shape index (κ2) is 7.69. The van der Waals surface area contributed by atoms with Crippen LogP contribution in [0.1, 0.15) is 44.1 Å². The number of methoxy groups -OCH3 is 1. The monoisotopic (exact) mass is 330 g/mol. The van der Waals surface area contributed by atoms with Crippen molar-refractivity contribution in [1.29, 1.82) is 0 Å². The lowest BCUT2D eigenvalue weighted by molar-refractivity contribution is -0.140. The van der Waals surface area contributed by atoms with Crippen LogP contribution in [0.15, 0.2) is 24.3 Å². The van der Waals surface area contributed by atoms with E-state index >= 15 is 0 Å². The van der Waals surface area contributed by atoms with Gasteiger partial charge in [-0.15, -0.1) is 0 Å². The first kappa shape index (κ1) is 16.8. The zero-order chi connectivity index (χ0) is 16.9. The van der Waals surface area contributed by atoms with Crippen LogP contribution in [0.5, 0.6) is 0 Å². The van der Waals surface area contributed by atoms with Crippen molar-refractivity contribution in [3.63, 3.8) is 0 Å². The number of hydrogen-bond donors (Lipinski definition) is 1. The van der Waals surface area contributed by atoms with Gasteiger partial charge in [0.2, 0.25) is 0 Å². The second-order valence-electron chi connectivity index (χ2n) is 6.80. The number of fused-ring (bicyclic) bond motifs is 1. The quantitative estimate of drug-likeness (QED) is 0.858. The number of piperidine rings is 1. The van der Waals surface area contributed by atoms with Crippen LogP contribution >= 0.6 is 0 Å². The Morgan fingerprint density at radius 1 is 1.17 bits per heavy atom. The van der Waals surface area contributed by atoms with Gasteiger partial charge in [-0.25, -0.2) is 4.79 Å². The van der Waals surface area contributed by atoms with Crippen molar-refractivity contribution in [3.8, 4) is 0 Å². The van der Waals surface area contributed by atoms with Gasteiger partial charge in [-0.1, -0.05) is 18.6 Å². The van der Waals surface area contributed by atoms with Crippen molar-refractivity contribution >= 4 is 17.7 Å². The first-order valence-electron chi connectivity index (χ1n) is 8.91. The Morgan fingerprint density at radius 2 is 1.92 bits per heavy atom. The zero-order valence-electron chi connectivity index (χ0n) is 14.3. The third-order valence-electron chi connectivity index (χ3n) is 5.30. The molecule has 1 aliphatic carbocycles. The molecule has 1 aliphatic heterocycles. The molecular weight excluding hydrogens is 304 g/mol. The zero-order valence-corrected chi connectivity index (χ0v) is 14.3. The maximum Gasteiger partial charge on any atom is 0.322 e. The molecule has 2 aliphatic rings. The Bertz CT molecular complexity index is 585. The lowest BCUT2D eigenvalue weighted by atomic mass is 9.92. The molecule has 130 valence electrons. The average molecular weight is 330 g/mol. The van der Waals surface area contributed by atoms with E-state index in [2.05, 4.69) is 10.1 Å². The van der Waals surface area contributed by atoms with E-state index in [1.54, 1.807) is 0 Å². The predicted molar refractivity (Wildman–Crippen MR) is 92.9 cm³/mol. The number of ether oxygens (including phenoxy) is 1. The number of nitrogens with zero attached hydrogens (tertiary/aromatic N) is 1. The summed E-state index contributed by atoms with van der Waals surface area (Å²) in [5.41, 5.74) is 1.87. The summed E-state index contributed by atoms with van der Waals surface area (Å²) in [5, 5.41) is 3.02. The number of carbonyl (C=O) groups excluding carboxylic acids is 2. The maximum atomic E-state index is 12.6. The van der Waals surface area contributed by atoms with Crippen molar-refractivity contribution in [2.24, 2.45) is 5.92 Å². The van der Waals surface area contributed by atoms with Gasteiger partial charge in [0.15, 0.2) is 0 Å². The molecule has 24 heavy (non-hydrogen) atoms. The van der Waals surface area contributed by atoms with Crippen LogP contribution in [-0.4, -0.2) is 36.6 Å². The van der Waals surface area contributed by atoms with Gasteiger partial charge in [-0.3, -0.25) is 4.79 Å². The lowest BCUT2D eigenvalue weighted by Crippen LogP contribution is -2.48. The highest BCUT2D eigenvalue weighted by molar-refractivity contribution is 5.89. The number of esters is 1. The second-order valence-corrected chi connectivity index (χ2v) is 6.80. The van der Waals surface area contributed by atoms with Gasteiger partial charge >= 0.3 is 12.0 Å². The third kappa shape index (κ3) is 3.89. The van der Waals surface area contributed by atoms with Crippen molar-refractivity contribution in [3.05, 3.63) is 29.8 Å². The number of likely N-dealkylation sites (tertiary alicyclic amines) is 1. The fourth-order valence-electron chi connectivity index (χ4n) is 4.00. The first-order valence-corrected chi connectivity index (χ1v) is 8.91. The summed E-state index contributed by atoms with van der Waals surface area (Å²) in [6.45, 7) is 0.865. The molecule has 2 atom stereocenters. The summed E-state index contributed by atoms with van der Waals surface area (Å²) < 4.78 is 4.65. The average Bonchev–Trinajstić information content (AvgIpc) is 3.09. The van der Waals surface area contributed by atoms with Crippen LogP contribution in [0.2, 0.25) is 0 Å². The van der Waals surface area contributed by atoms with Gasteiger partial charge in [0.1, 0.15) is 0 Å². The molecule has 2 fully saturated rings. The highest BCUT2D eigenvalue weighted by Crippen LogP contribution is 2.36. The molecular formula is C19H26N2O3. The summed E-state index contributed by atoms with van der Waals surface area (Å²) in [7, 11) is 1.40. The van der Waals surface area contributed by atoms with Gasteiger partial charge in [0.25, 0.3) is 0 Å². The molecule has 1 saturated heterocycles. The summed E-state index contributed by atoms with van der Waals surface area (Å²) in [4.78, 5) is 25.8. The normalized spacial score (nSPS) is 22.8. The Labute approximate surface area is 143 Å². The van der Waals surface area contributed by atoms with E-state index in [9.17, 15) is 9.59 Å². The van der Waals surface area contributed by atoms with Crippen LogP contribution in [0.4, 0.5) is 10.5 Å². The molecule has 0 spiro atoms. The summed E-state index contributed by atoms with van der Waals surface area (Å²) in [6, 6.07) is 8.16. The van der Waals surface area contributed by atoms with Crippen LogP contribution < -0.4 is 5.32 Å². The number of aryl methyl sites for hydroxylation is 1. The van der Waals surface area contributed by atoms with Crippen molar-refractivity contribution in [1.82, 2.24) is 4.90 Å². The summed E-state index contributed by atoms with van der Waals surface area (Å²) in [6.07, 6.45) is 7.06. The van der Waals surface area contributed by atoms with E-state index in [0.717, 1.165) is 30.6 Å². The molecule has 2 unspecified atom stereocenters. The van der Waals surface area contributed by atoms with Gasteiger partial charge in [0, 0.05) is 24.7 Å². The van der Waals surface area contributed by atoms with Gasteiger partial charge in [-0.2, -0.15) is 0 Å². The number of hydrogen-bond acceptors (Lipinski definition) is 3. The van der Waals surface area contributed by atoms with Crippen LogP contribution in [-0.2, 0) is 16.0 Å². The SMILES string of the molecule is COC(=O)CCc1ccc(NC(=O)N2CCCC3CCCC32)cc1. The highest BCUT2D eigenvalue weighted by atomic mass is 16.5. The molecule has 1 aromatic rings. The minimum absolute atomic E-state index is 0.0221. The van der Waals surface area contributed by atoms with Gasteiger partial charge < -0.3 is 15.0 Å². The molecule has 0 radical (unpaired) electrons. The third-order valence-corrected chi connectivity index (χ3v) is 5.30. The minimum atomic E-state index is -0.205. The smallest absolute Gasteiger partial charge is 0.322 e. The largest absolute Gasteiger partial charge is 0.469 e. The van der Waals surface area contributed by atoms with E-state index in [4.69, 9.17) is 0 Å². The Hall–Kier alpha value is -2.04. The van der Waals surface area contributed by atoms with Gasteiger partial charge in [-0.05, 0) is 55.7 Å². The van der Waals surface area contributed by atoms with Crippen molar-refractivity contribution < 1.29 is 14.3 Å². The molecule has 5 heteroatoms. The number of nitrogens with one attached hydrogen (secondary N) is 1. The number of rotatable bonds is 4. The van der Waals surface area contributed by atoms with Crippen LogP contribution in [0.3, 0.4) is 0 Å². The van der Waals surface area contributed by atoms with Crippen molar-refractivity contribution in [2.75, 3.05) is 19.0 Å². The number of benzene rings is 1.